The predicted molar refractivity (Wildman–Crippen MR) is 274 cm³/mol. The Morgan fingerprint density at radius 3 is 1.24 bits per heavy atom. The molecular formula is C64H57N3. The van der Waals surface area contributed by atoms with Crippen LogP contribution in [0, 0.1) is 23.7 Å². The van der Waals surface area contributed by atoms with E-state index in [0.717, 1.165) is 23.7 Å². The highest BCUT2D eigenvalue weighted by Crippen LogP contribution is 2.64. The van der Waals surface area contributed by atoms with E-state index in [9.17, 15) is 0 Å². The van der Waals surface area contributed by atoms with Crippen molar-refractivity contribution >= 4 is 38.1 Å². The van der Waals surface area contributed by atoms with E-state index in [1.165, 1.54) is 180 Å². The first-order valence-electron chi connectivity index (χ1n) is 26.3. The molecule has 0 radical (unpaired) electrons. The monoisotopic (exact) mass is 867 g/mol. The van der Waals surface area contributed by atoms with E-state index in [-0.39, 0.29) is 10.8 Å². The summed E-state index contributed by atoms with van der Waals surface area (Å²) in [5, 5.41) is 5.97. The average Bonchev–Trinajstić information content (AvgIpc) is 3.92. The number of pyridine rings is 2. The van der Waals surface area contributed by atoms with Crippen LogP contribution in [0.4, 0.5) is 0 Å². The SMILES string of the molecule is CC1(C)c2ccccc2-c2c(-c3cc(-c4cccc5c4-c4ccccc4C5(C)C)c4c5c6c(ncc5n5c7cnc8c(c7c3c45)C3CC4CC(CC8C4)C3)C3CC4CC(C3)CC6C4)cccc21. The van der Waals surface area contributed by atoms with Crippen molar-refractivity contribution < 1.29 is 0 Å². The van der Waals surface area contributed by atoms with Gasteiger partial charge in [0.1, 0.15) is 0 Å². The summed E-state index contributed by atoms with van der Waals surface area (Å²) in [7, 11) is 0. The lowest BCUT2D eigenvalue weighted by Gasteiger charge is -2.38. The van der Waals surface area contributed by atoms with Gasteiger partial charge in [0.15, 0.2) is 0 Å². The summed E-state index contributed by atoms with van der Waals surface area (Å²) in [4.78, 5) is 11.4. The number of hydrogen-bond acceptors (Lipinski definition) is 2. The van der Waals surface area contributed by atoms with Gasteiger partial charge in [-0.1, -0.05) is 113 Å². The summed E-state index contributed by atoms with van der Waals surface area (Å²) in [5.41, 5.74) is 26.9. The highest BCUT2D eigenvalue weighted by Gasteiger charge is 2.48. The summed E-state index contributed by atoms with van der Waals surface area (Å²) in [5.74, 6) is 5.55. The maximum Gasteiger partial charge on any atom is 0.0728 e. The van der Waals surface area contributed by atoms with Gasteiger partial charge in [0, 0.05) is 55.6 Å². The second-order valence-corrected chi connectivity index (χ2v) is 24.4. The van der Waals surface area contributed by atoms with E-state index in [4.69, 9.17) is 9.97 Å². The Bertz CT molecular complexity index is 3460. The summed E-state index contributed by atoms with van der Waals surface area (Å²) >= 11 is 0. The van der Waals surface area contributed by atoms with Gasteiger partial charge in [-0.3, -0.25) is 9.97 Å². The second kappa shape index (κ2) is 12.3. The standard InChI is InChI=1S/C64H57N3/c1-63(2)46-15-7-5-11-42(46)54-40(13-9-17-48(54)63)44-29-45(41-14-10-18-49-55(41)43-12-6-8-16-47(43)64(49,3)4)57-59-51(31-66-61-39-27-34-20-35(28-39)24-37(23-34)53(59)61)67-50-30-65-60-38-25-32-19-33(26-38)22-36(21-32)52(60)58(50)56(44)62(57)67/h5-18,29-39H,19-28H2,1-4H3. The number of rotatable bonds is 2. The molecule has 4 atom stereocenters. The second-order valence-electron chi connectivity index (χ2n) is 24.4. The lowest BCUT2D eigenvalue weighted by atomic mass is 9.67. The zero-order valence-corrected chi connectivity index (χ0v) is 39.3. The fourth-order valence-corrected chi connectivity index (χ4v) is 18.2. The van der Waals surface area contributed by atoms with Crippen LogP contribution >= 0.6 is 0 Å². The predicted octanol–water partition coefficient (Wildman–Crippen LogP) is 16.4. The molecule has 9 aromatic rings. The molecule has 8 bridgehead atoms. The van der Waals surface area contributed by atoms with Crippen LogP contribution < -0.4 is 0 Å². The largest absolute Gasteiger partial charge is 0.305 e. The maximum absolute atomic E-state index is 5.71. The van der Waals surface area contributed by atoms with Gasteiger partial charge in [-0.2, -0.15) is 0 Å². The number of hydrogen-bond donors (Lipinski definition) is 0. The molecule has 4 aromatic heterocycles. The van der Waals surface area contributed by atoms with Gasteiger partial charge in [-0.05, 0) is 184 Å². The van der Waals surface area contributed by atoms with Gasteiger partial charge < -0.3 is 4.40 Å². The molecule has 5 aromatic carbocycles. The molecular weight excluding hydrogens is 811 g/mol. The highest BCUT2D eigenvalue weighted by molar-refractivity contribution is 6.32. The Hall–Kier alpha value is -5.80. The Balaban J connectivity index is 1.11. The molecule has 0 aliphatic heterocycles. The van der Waals surface area contributed by atoms with Crippen LogP contribution in [0.1, 0.15) is 160 Å². The van der Waals surface area contributed by atoms with Gasteiger partial charge in [-0.15, -0.1) is 0 Å². The van der Waals surface area contributed by atoms with Crippen molar-refractivity contribution in [3.63, 3.8) is 0 Å². The van der Waals surface area contributed by atoms with Crippen molar-refractivity contribution in [2.45, 2.75) is 126 Å². The number of fused-ring (bicyclic) bond motifs is 12. The average molecular weight is 868 g/mol. The van der Waals surface area contributed by atoms with Gasteiger partial charge in [0.25, 0.3) is 0 Å². The summed E-state index contributed by atoms with van der Waals surface area (Å²) in [6, 6.07) is 36.0. The molecule has 4 fully saturated rings. The molecule has 10 aliphatic carbocycles. The molecule has 67 heavy (non-hydrogen) atoms. The zero-order chi connectivity index (χ0) is 44.0. The van der Waals surface area contributed by atoms with Crippen LogP contribution in [0.5, 0.6) is 0 Å². The van der Waals surface area contributed by atoms with Crippen molar-refractivity contribution in [3.05, 3.63) is 148 Å². The molecule has 4 unspecified atom stereocenters. The van der Waals surface area contributed by atoms with Gasteiger partial charge in [0.2, 0.25) is 0 Å². The first kappa shape index (κ1) is 37.2. The van der Waals surface area contributed by atoms with Crippen LogP contribution in [-0.2, 0) is 10.8 Å². The van der Waals surface area contributed by atoms with Crippen LogP contribution in [0.15, 0.2) is 103 Å². The van der Waals surface area contributed by atoms with Crippen LogP contribution in [0.25, 0.3) is 82.6 Å². The van der Waals surface area contributed by atoms with Gasteiger partial charge >= 0.3 is 0 Å². The van der Waals surface area contributed by atoms with Gasteiger partial charge in [-0.25, -0.2) is 0 Å². The van der Waals surface area contributed by atoms with E-state index < -0.39 is 0 Å². The van der Waals surface area contributed by atoms with Crippen molar-refractivity contribution in [3.8, 4) is 44.5 Å². The summed E-state index contributed by atoms with van der Waals surface area (Å²) in [6.07, 6.45) is 18.1. The number of nitrogens with zero attached hydrogens (tertiary/aromatic N) is 3. The Labute approximate surface area is 393 Å². The lowest BCUT2D eigenvalue weighted by Crippen LogP contribution is -2.25. The van der Waals surface area contributed by atoms with E-state index in [1.54, 1.807) is 11.1 Å². The third-order valence-electron chi connectivity index (χ3n) is 20.4. The molecule has 3 nitrogen and oxygen atoms in total. The molecule has 0 amide bonds. The summed E-state index contributed by atoms with van der Waals surface area (Å²) < 4.78 is 2.75. The number of benzene rings is 5. The summed E-state index contributed by atoms with van der Waals surface area (Å²) in [6.45, 7) is 9.80. The van der Waals surface area contributed by atoms with Crippen LogP contribution in [0.2, 0.25) is 0 Å². The minimum absolute atomic E-state index is 0.0988. The maximum atomic E-state index is 5.71. The molecule has 19 rings (SSSR count). The van der Waals surface area contributed by atoms with Crippen molar-refractivity contribution in [2.24, 2.45) is 23.7 Å². The lowest BCUT2D eigenvalue weighted by molar-refractivity contribution is 0.165. The first-order chi connectivity index (χ1) is 32.7. The molecule has 0 saturated heterocycles. The Kier molecular flexibility index (Phi) is 6.81. The molecule has 0 N–H and O–H groups in total. The number of aromatic nitrogens is 3. The fraction of sp³-hybridized carbons (Fsp3) is 0.375. The molecule has 10 aliphatic rings. The van der Waals surface area contributed by atoms with Crippen molar-refractivity contribution in [1.29, 1.82) is 0 Å². The minimum atomic E-state index is -0.0988. The third kappa shape index (κ3) is 4.44. The molecule has 4 heterocycles. The first-order valence-corrected chi connectivity index (χ1v) is 26.3. The van der Waals surface area contributed by atoms with E-state index in [0.29, 0.717) is 23.7 Å². The molecule has 328 valence electrons. The fourth-order valence-electron chi connectivity index (χ4n) is 18.2. The quantitative estimate of drug-likeness (QED) is 0.173. The highest BCUT2D eigenvalue weighted by atomic mass is 15.0. The molecule has 4 saturated carbocycles. The van der Waals surface area contributed by atoms with Gasteiger partial charge in [0.05, 0.1) is 28.9 Å². The van der Waals surface area contributed by atoms with Crippen LogP contribution in [-0.4, -0.2) is 14.4 Å². The van der Waals surface area contributed by atoms with Crippen molar-refractivity contribution in [2.75, 3.05) is 0 Å². The van der Waals surface area contributed by atoms with Crippen molar-refractivity contribution in [1.82, 2.24) is 14.4 Å². The zero-order valence-electron chi connectivity index (χ0n) is 39.3. The molecule has 0 spiro atoms. The third-order valence-corrected chi connectivity index (χ3v) is 20.4. The smallest absolute Gasteiger partial charge is 0.0728 e. The minimum Gasteiger partial charge on any atom is -0.305 e. The van der Waals surface area contributed by atoms with E-state index in [2.05, 4.69) is 135 Å². The Morgan fingerprint density at radius 1 is 0.403 bits per heavy atom. The Morgan fingerprint density at radius 2 is 0.791 bits per heavy atom. The normalized spacial score (nSPS) is 28.2. The van der Waals surface area contributed by atoms with Crippen LogP contribution in [0.3, 0.4) is 0 Å². The topological polar surface area (TPSA) is 30.2 Å². The van der Waals surface area contributed by atoms with E-state index >= 15 is 0 Å². The molecule has 3 heteroatoms. The van der Waals surface area contributed by atoms with E-state index in [1.807, 2.05) is 0 Å².